The first-order chi connectivity index (χ1) is 8.80. The second kappa shape index (κ2) is 4.56. The van der Waals surface area contributed by atoms with Crippen LogP contribution in [0.25, 0.3) is 19.9 Å². The zero-order chi connectivity index (χ0) is 12.5. The first-order valence-electron chi connectivity index (χ1n) is 5.75. The van der Waals surface area contributed by atoms with Crippen molar-refractivity contribution in [3.05, 3.63) is 41.8 Å². The van der Waals surface area contributed by atoms with Gasteiger partial charge in [-0.05, 0) is 0 Å². The van der Waals surface area contributed by atoms with E-state index in [-0.39, 0.29) is 0 Å². The molecule has 18 heavy (non-hydrogen) atoms. The molecule has 1 N–H and O–H groups in total. The molecule has 90 valence electrons. The van der Waals surface area contributed by atoms with Gasteiger partial charge in [0.25, 0.3) is 0 Å². The van der Waals surface area contributed by atoms with Crippen molar-refractivity contribution in [1.29, 1.82) is 0 Å². The molecular weight excluding hydrogens is 289 g/mol. The average molecular weight is 302 g/mol. The minimum atomic E-state index is 0.306. The van der Waals surface area contributed by atoms with Crippen molar-refractivity contribution in [2.24, 2.45) is 4.99 Å². The maximum absolute atomic E-state index is 4.71. The van der Waals surface area contributed by atoms with Crippen molar-refractivity contribution in [3.63, 3.8) is 0 Å². The van der Waals surface area contributed by atoms with Crippen LogP contribution in [0.4, 0.5) is 5.69 Å². The van der Waals surface area contributed by atoms with Gasteiger partial charge in [0.15, 0.2) is 0 Å². The predicted octanol–water partition coefficient (Wildman–Crippen LogP) is 1.97. The Kier molecular flexibility index (Phi) is 2.90. The molecule has 1 aromatic rings. The van der Waals surface area contributed by atoms with Gasteiger partial charge in [0.1, 0.15) is 0 Å². The summed E-state index contributed by atoms with van der Waals surface area (Å²) in [5.74, 6) is 0. The van der Waals surface area contributed by atoms with Crippen molar-refractivity contribution >= 4 is 30.0 Å². The predicted molar refractivity (Wildman–Crippen MR) is 76.3 cm³/mol. The molecule has 0 fully saturated rings. The second-order valence-electron chi connectivity index (χ2n) is 4.02. The van der Waals surface area contributed by atoms with Crippen LogP contribution in [-0.4, -0.2) is 33.6 Å². The number of rotatable bonds is 1. The van der Waals surface area contributed by atoms with Gasteiger partial charge in [0, 0.05) is 0 Å². The fourth-order valence-electron chi connectivity index (χ4n) is 1.91. The van der Waals surface area contributed by atoms with Gasteiger partial charge in [0.05, 0.1) is 0 Å². The van der Waals surface area contributed by atoms with Crippen molar-refractivity contribution in [1.82, 2.24) is 4.98 Å². The quantitative estimate of drug-likeness (QED) is 0.551. The van der Waals surface area contributed by atoms with Crippen LogP contribution in [0.15, 0.2) is 41.4 Å². The zero-order valence-electron chi connectivity index (χ0n) is 10.3. The third-order valence-electron chi connectivity index (χ3n) is 2.91. The van der Waals surface area contributed by atoms with Crippen molar-refractivity contribution < 1.29 is 0 Å². The Morgan fingerprint density at radius 2 is 2.06 bits per heavy atom. The summed E-state index contributed by atoms with van der Waals surface area (Å²) < 4.78 is 2.64. The summed E-state index contributed by atoms with van der Waals surface area (Å²) in [6, 6.07) is 12.6. The van der Waals surface area contributed by atoms with E-state index in [1.807, 2.05) is 20.2 Å². The number of hydrogen-bond acceptors (Lipinski definition) is 3. The molecular formula is C14H13N3Se. The molecule has 0 saturated heterocycles. The molecule has 3 rings (SSSR count). The Morgan fingerprint density at radius 1 is 1.17 bits per heavy atom. The van der Waals surface area contributed by atoms with E-state index in [1.54, 1.807) is 0 Å². The molecule has 0 saturated carbocycles. The van der Waals surface area contributed by atoms with Crippen molar-refractivity contribution in [2.45, 2.75) is 0 Å². The van der Waals surface area contributed by atoms with Crippen LogP contribution >= 0.6 is 0 Å². The molecule has 0 amide bonds. The molecule has 0 bridgehead atoms. The molecule has 1 aromatic carbocycles. The summed E-state index contributed by atoms with van der Waals surface area (Å²) in [6.45, 7) is 0. The van der Waals surface area contributed by atoms with E-state index >= 15 is 0 Å². The molecule has 0 atom stereocenters. The van der Waals surface area contributed by atoms with Crippen LogP contribution < -0.4 is 10.7 Å². The van der Waals surface area contributed by atoms with E-state index in [0.717, 1.165) is 22.3 Å². The van der Waals surface area contributed by atoms with E-state index < -0.39 is 0 Å². The molecule has 0 aromatic heterocycles. The van der Waals surface area contributed by atoms with E-state index in [9.17, 15) is 0 Å². The topological polar surface area (TPSA) is 37.3 Å². The van der Waals surface area contributed by atoms with Gasteiger partial charge in [0.2, 0.25) is 0 Å². The van der Waals surface area contributed by atoms with E-state index in [4.69, 9.17) is 4.98 Å². The molecule has 3 nitrogen and oxygen atoms in total. The van der Waals surface area contributed by atoms with Gasteiger partial charge >= 0.3 is 111 Å². The third-order valence-corrected chi connectivity index (χ3v) is 5.21. The van der Waals surface area contributed by atoms with Gasteiger partial charge in [-0.1, -0.05) is 0 Å². The summed E-state index contributed by atoms with van der Waals surface area (Å²) in [7, 11) is 3.76. The van der Waals surface area contributed by atoms with Crippen LogP contribution in [-0.2, 0) is 0 Å². The number of nitrogens with one attached hydrogen (secondary N) is 1. The minimum absolute atomic E-state index is 0.306. The molecule has 1 aliphatic heterocycles. The monoisotopic (exact) mass is 303 g/mol. The second-order valence-corrected chi connectivity index (χ2v) is 6.30. The Hall–Kier alpha value is -1.64. The Labute approximate surface area is 111 Å². The van der Waals surface area contributed by atoms with Crippen LogP contribution in [0.1, 0.15) is 0 Å². The Morgan fingerprint density at radius 3 is 2.83 bits per heavy atom. The number of nitrogens with zero attached hydrogens (tertiary/aromatic N) is 2. The van der Waals surface area contributed by atoms with Gasteiger partial charge in [-0.25, -0.2) is 0 Å². The maximum atomic E-state index is 4.71. The number of fused-ring (bicyclic) bond motifs is 2. The molecule has 2 aliphatic rings. The molecule has 1 aliphatic carbocycles. The summed E-state index contributed by atoms with van der Waals surface area (Å²) in [4.78, 5) is 8.93. The number of aromatic nitrogens is 1. The standard InChI is InChI=1S/C14H13N3Se/c1-15-9-3-5-11-13(7-9)18-14-8-10(16-2)4-6-12(14)17-11/h3-8,15H,1-2H3. The van der Waals surface area contributed by atoms with E-state index in [1.165, 1.54) is 8.70 Å². The van der Waals surface area contributed by atoms with Gasteiger partial charge in [-0.15, -0.1) is 0 Å². The summed E-state index contributed by atoms with van der Waals surface area (Å²) in [5, 5.41) is 4.20. The van der Waals surface area contributed by atoms with Crippen molar-refractivity contribution in [2.75, 3.05) is 19.4 Å². The Balaban J connectivity index is 2.34. The van der Waals surface area contributed by atoms with Gasteiger partial charge in [-0.3, -0.25) is 0 Å². The molecule has 4 heteroatoms. The van der Waals surface area contributed by atoms with Crippen LogP contribution in [0.2, 0.25) is 0 Å². The first kappa shape index (κ1) is 11.4. The summed E-state index contributed by atoms with van der Waals surface area (Å²) in [5.41, 5.74) is 3.33. The molecule has 0 spiro atoms. The average Bonchev–Trinajstić information content (AvgIpc) is 2.43. The number of anilines is 1. The normalized spacial score (nSPS) is 12.2. The molecule has 0 unspecified atom stereocenters. The Bertz CT molecular complexity index is 746. The fraction of sp³-hybridized carbons (Fsp3) is 0.143. The van der Waals surface area contributed by atoms with Crippen LogP contribution in [0.3, 0.4) is 0 Å². The SMILES string of the molecule is CN=c1ccc2nc3ccc(NC)cc3[se]c-2c1. The van der Waals surface area contributed by atoms with Gasteiger partial charge < -0.3 is 0 Å². The fourth-order valence-corrected chi connectivity index (χ4v) is 4.09. The van der Waals surface area contributed by atoms with Gasteiger partial charge in [-0.2, -0.15) is 0 Å². The van der Waals surface area contributed by atoms with Crippen LogP contribution in [0, 0.1) is 0 Å². The number of benzene rings is 2. The number of hydrogen-bond donors (Lipinski definition) is 1. The summed E-state index contributed by atoms with van der Waals surface area (Å²) >= 11 is 0.306. The van der Waals surface area contributed by atoms with E-state index in [0.29, 0.717) is 14.5 Å². The molecule has 0 radical (unpaired) electrons. The molecule has 1 heterocycles. The zero-order valence-corrected chi connectivity index (χ0v) is 12.0. The summed E-state index contributed by atoms with van der Waals surface area (Å²) in [6.07, 6.45) is 0. The third kappa shape index (κ3) is 1.94. The van der Waals surface area contributed by atoms with Crippen molar-refractivity contribution in [3.8, 4) is 10.1 Å². The van der Waals surface area contributed by atoms with Crippen LogP contribution in [0.5, 0.6) is 0 Å². The van der Waals surface area contributed by atoms with E-state index in [2.05, 4.69) is 40.6 Å². The first-order valence-corrected chi connectivity index (χ1v) is 7.47.